The monoisotopic (exact) mass is 569 g/mol. The summed E-state index contributed by atoms with van der Waals surface area (Å²) < 4.78 is 21.6. The lowest BCUT2D eigenvalue weighted by Gasteiger charge is -2.24. The summed E-state index contributed by atoms with van der Waals surface area (Å²) in [5, 5.41) is 7.28. The van der Waals surface area contributed by atoms with E-state index in [1.165, 1.54) is 14.2 Å². The highest BCUT2D eigenvalue weighted by Gasteiger charge is 2.32. The first kappa shape index (κ1) is 27.3. The summed E-state index contributed by atoms with van der Waals surface area (Å²) >= 11 is 19.6. The number of benzene rings is 1. The molecule has 2 aromatic heterocycles. The predicted octanol–water partition coefficient (Wildman–Crippen LogP) is 5.37. The predicted molar refractivity (Wildman–Crippen MR) is 142 cm³/mol. The van der Waals surface area contributed by atoms with Gasteiger partial charge in [0.2, 0.25) is 5.95 Å². The smallest absolute Gasteiger partial charge is 0.408 e. The fourth-order valence-corrected chi connectivity index (χ4v) is 4.71. The second-order valence-electron chi connectivity index (χ2n) is 9.25. The molecule has 0 spiro atoms. The Morgan fingerprint density at radius 2 is 1.68 bits per heavy atom. The Bertz CT molecular complexity index is 1310. The minimum atomic E-state index is -0.610. The normalized spacial score (nSPS) is 17.5. The van der Waals surface area contributed by atoms with Gasteiger partial charge in [-0.15, -0.1) is 0 Å². The number of methoxy groups -OCH3 is 2. The van der Waals surface area contributed by atoms with Crippen molar-refractivity contribution in [2.75, 3.05) is 32.8 Å². The van der Waals surface area contributed by atoms with E-state index in [4.69, 9.17) is 53.8 Å². The van der Waals surface area contributed by atoms with Crippen molar-refractivity contribution >= 4 is 57.7 Å². The summed E-state index contributed by atoms with van der Waals surface area (Å²) in [4.78, 5) is 25.6. The first-order valence-electron chi connectivity index (χ1n) is 11.3. The third kappa shape index (κ3) is 6.04. The third-order valence-corrected chi connectivity index (χ3v) is 6.46. The number of carbonyl (C=O) groups excluding carboxylic acids is 1. The molecule has 198 valence electrons. The van der Waals surface area contributed by atoms with E-state index in [-0.39, 0.29) is 27.3 Å². The van der Waals surface area contributed by atoms with E-state index in [0.717, 1.165) is 0 Å². The topological polar surface area (TPSA) is 117 Å². The van der Waals surface area contributed by atoms with Crippen LogP contribution in [0.3, 0.4) is 0 Å². The number of rotatable bonds is 6. The molecule has 1 amide bonds. The second kappa shape index (κ2) is 10.9. The molecule has 37 heavy (non-hydrogen) atoms. The number of halogens is 3. The Labute approximate surface area is 228 Å². The number of hydrogen-bond acceptors (Lipinski definition) is 9. The molecule has 0 unspecified atom stereocenters. The van der Waals surface area contributed by atoms with Crippen molar-refractivity contribution in [1.82, 2.24) is 20.3 Å². The molecule has 1 fully saturated rings. The van der Waals surface area contributed by atoms with Gasteiger partial charge in [-0.05, 0) is 26.8 Å². The van der Waals surface area contributed by atoms with Gasteiger partial charge < -0.3 is 29.6 Å². The van der Waals surface area contributed by atoms with Gasteiger partial charge in [0.1, 0.15) is 22.6 Å². The van der Waals surface area contributed by atoms with Crippen molar-refractivity contribution in [3.8, 4) is 22.8 Å². The Balaban J connectivity index is 1.61. The van der Waals surface area contributed by atoms with Gasteiger partial charge in [-0.25, -0.2) is 19.7 Å². The number of ether oxygens (including phenoxy) is 4. The molecule has 1 saturated heterocycles. The zero-order valence-electron chi connectivity index (χ0n) is 20.8. The van der Waals surface area contributed by atoms with Crippen LogP contribution < -0.4 is 20.1 Å². The van der Waals surface area contributed by atoms with E-state index in [0.29, 0.717) is 52.8 Å². The highest BCUT2D eigenvalue weighted by molar-refractivity contribution is 6.41. The lowest BCUT2D eigenvalue weighted by atomic mass is 10.1. The second-order valence-corrected chi connectivity index (χ2v) is 10.4. The van der Waals surface area contributed by atoms with Crippen LogP contribution >= 0.6 is 34.8 Å². The van der Waals surface area contributed by atoms with E-state index in [1.807, 2.05) is 0 Å². The fraction of sp³-hybridized carbons (Fsp3) is 0.417. The molecule has 13 heteroatoms. The van der Waals surface area contributed by atoms with Gasteiger partial charge in [-0.2, -0.15) is 0 Å². The number of amides is 1. The molecular weight excluding hydrogens is 545 g/mol. The molecular formula is C24H26Cl3N5O5. The average Bonchev–Trinajstić information content (AvgIpc) is 3.24. The Morgan fingerprint density at radius 3 is 2.30 bits per heavy atom. The van der Waals surface area contributed by atoms with Crippen LogP contribution in [0.5, 0.6) is 11.5 Å². The summed E-state index contributed by atoms with van der Waals surface area (Å²) in [7, 11) is 2.98. The minimum Gasteiger partial charge on any atom is -0.495 e. The third-order valence-electron chi connectivity index (χ3n) is 5.45. The molecule has 0 saturated carbocycles. The fourth-order valence-electron chi connectivity index (χ4n) is 3.77. The maximum absolute atomic E-state index is 12.2. The molecule has 1 aliphatic rings. The van der Waals surface area contributed by atoms with E-state index < -0.39 is 11.7 Å². The van der Waals surface area contributed by atoms with Crippen LogP contribution in [0.4, 0.5) is 10.7 Å². The summed E-state index contributed by atoms with van der Waals surface area (Å²) in [5.74, 6) is 1.05. The van der Waals surface area contributed by atoms with Gasteiger partial charge >= 0.3 is 6.09 Å². The average molecular weight is 571 g/mol. The van der Waals surface area contributed by atoms with Crippen LogP contribution in [-0.4, -0.2) is 66.2 Å². The van der Waals surface area contributed by atoms with E-state index in [2.05, 4.69) is 25.6 Å². The summed E-state index contributed by atoms with van der Waals surface area (Å²) in [5.41, 5.74) is 0.617. The maximum atomic E-state index is 12.2. The zero-order valence-corrected chi connectivity index (χ0v) is 23.1. The van der Waals surface area contributed by atoms with Crippen molar-refractivity contribution in [2.24, 2.45) is 0 Å². The van der Waals surface area contributed by atoms with Crippen LogP contribution in [0.25, 0.3) is 22.2 Å². The quantitative estimate of drug-likeness (QED) is 0.377. The number of alkyl carbamates (subject to hydrolysis) is 1. The van der Waals surface area contributed by atoms with Crippen LogP contribution in [0.2, 0.25) is 15.2 Å². The van der Waals surface area contributed by atoms with Crippen LogP contribution in [0, 0.1) is 0 Å². The Kier molecular flexibility index (Phi) is 8.03. The highest BCUT2D eigenvalue weighted by Crippen LogP contribution is 2.46. The molecule has 3 heterocycles. The number of nitrogens with one attached hydrogen (secondary N) is 2. The van der Waals surface area contributed by atoms with Crippen LogP contribution in [0.15, 0.2) is 18.3 Å². The van der Waals surface area contributed by atoms with Crippen molar-refractivity contribution in [3.63, 3.8) is 0 Å². The number of carbonyl (C=O) groups is 1. The van der Waals surface area contributed by atoms with Crippen LogP contribution in [-0.2, 0) is 9.47 Å². The Hall–Kier alpha value is -2.79. The number of aromatic nitrogens is 3. The molecule has 0 radical (unpaired) electrons. The van der Waals surface area contributed by atoms with Crippen molar-refractivity contribution in [3.05, 3.63) is 33.5 Å². The highest BCUT2D eigenvalue weighted by atomic mass is 35.5. The van der Waals surface area contributed by atoms with E-state index in [1.54, 1.807) is 39.1 Å². The van der Waals surface area contributed by atoms with E-state index in [9.17, 15) is 4.79 Å². The summed E-state index contributed by atoms with van der Waals surface area (Å²) in [6.07, 6.45) is 1.08. The van der Waals surface area contributed by atoms with Gasteiger partial charge in [-0.1, -0.05) is 34.8 Å². The first-order valence-corrected chi connectivity index (χ1v) is 12.4. The molecule has 2 atom stereocenters. The number of hydrogen-bond donors (Lipinski definition) is 2. The number of anilines is 1. The van der Waals surface area contributed by atoms with E-state index >= 15 is 0 Å². The molecule has 0 aliphatic carbocycles. The number of nitrogens with zero attached hydrogens (tertiary/aromatic N) is 3. The maximum Gasteiger partial charge on any atom is 0.408 e. The zero-order chi connectivity index (χ0) is 26.9. The van der Waals surface area contributed by atoms with Crippen LogP contribution in [0.1, 0.15) is 20.8 Å². The van der Waals surface area contributed by atoms with Gasteiger partial charge in [-0.3, -0.25) is 0 Å². The summed E-state index contributed by atoms with van der Waals surface area (Å²) in [6, 6.07) is 2.70. The lowest BCUT2D eigenvalue weighted by Crippen LogP contribution is -2.47. The van der Waals surface area contributed by atoms with Crippen molar-refractivity contribution in [1.29, 1.82) is 0 Å². The minimum absolute atomic E-state index is 0.123. The van der Waals surface area contributed by atoms with Gasteiger partial charge in [0.05, 0.1) is 55.3 Å². The molecule has 0 bridgehead atoms. The van der Waals surface area contributed by atoms with Gasteiger partial charge in [0.25, 0.3) is 0 Å². The molecule has 10 nitrogen and oxygen atoms in total. The lowest BCUT2D eigenvalue weighted by molar-refractivity contribution is 0.0497. The molecule has 4 rings (SSSR count). The van der Waals surface area contributed by atoms with Crippen molar-refractivity contribution < 1.29 is 23.7 Å². The van der Waals surface area contributed by atoms with Gasteiger partial charge in [0, 0.05) is 23.2 Å². The SMILES string of the molecule is COc1cc(OC)c(Cl)c(-c2cc3cnc(N[C@@H]4COC[C@@H]4NC(=O)OC(C)(C)C)nc3c(Cl)n2)c1Cl. The molecule has 3 aromatic rings. The van der Waals surface area contributed by atoms with Gasteiger partial charge in [0.15, 0.2) is 5.15 Å². The molecule has 1 aromatic carbocycles. The largest absolute Gasteiger partial charge is 0.495 e. The Morgan fingerprint density at radius 1 is 1.03 bits per heavy atom. The summed E-state index contributed by atoms with van der Waals surface area (Å²) in [6.45, 7) is 6.06. The standard InChI is InChI=1S/C24H26Cl3N5O5/c1-24(2,3)37-23(33)31-14-10-36-9-13(14)30-22-28-8-11-6-12(29-21(27)20(11)32-22)17-18(25)15(34-4)7-16(35-5)19(17)26/h6-8,13-14H,9-10H2,1-5H3,(H,31,33)(H,28,30,32)/t13-,14+/m1/s1. The first-order chi connectivity index (χ1) is 17.5. The number of pyridine rings is 1. The number of fused-ring (bicyclic) bond motifs is 1. The molecule has 2 N–H and O–H groups in total. The van der Waals surface area contributed by atoms with Crippen molar-refractivity contribution in [2.45, 2.75) is 38.5 Å². The molecule has 1 aliphatic heterocycles.